The summed E-state index contributed by atoms with van der Waals surface area (Å²) in [5.41, 5.74) is -1.50. The quantitative estimate of drug-likeness (QED) is 0.626. The summed E-state index contributed by atoms with van der Waals surface area (Å²) >= 11 is 5.40. The van der Waals surface area contributed by atoms with Crippen LogP contribution in [0, 0.1) is 0 Å². The summed E-state index contributed by atoms with van der Waals surface area (Å²) in [5.74, 6) is -0.155. The third kappa shape index (κ3) is 1.98. The average Bonchev–Trinajstić information content (AvgIpc) is 2.16. The van der Waals surface area contributed by atoms with E-state index in [0.717, 1.165) is 6.07 Å². The van der Waals surface area contributed by atoms with Crippen LogP contribution in [-0.2, 0) is 5.88 Å². The summed E-state index contributed by atoms with van der Waals surface area (Å²) in [7, 11) is 0. The van der Waals surface area contributed by atoms with E-state index in [9.17, 15) is 18.4 Å². The van der Waals surface area contributed by atoms with Gasteiger partial charge < -0.3 is 4.98 Å². The van der Waals surface area contributed by atoms with Gasteiger partial charge in [-0.15, -0.1) is 11.6 Å². The number of aldehydes is 1. The van der Waals surface area contributed by atoms with Gasteiger partial charge in [-0.3, -0.25) is 9.59 Å². The molecule has 0 saturated carbocycles. The molecule has 0 aliphatic heterocycles. The molecule has 14 heavy (non-hydrogen) atoms. The molecule has 3 nitrogen and oxygen atoms in total. The van der Waals surface area contributed by atoms with Crippen LogP contribution in [0.1, 0.15) is 28.0 Å². The molecule has 0 aliphatic rings. The number of pyridine rings is 1. The fourth-order valence-corrected chi connectivity index (χ4v) is 1.29. The van der Waals surface area contributed by atoms with Crippen molar-refractivity contribution in [2.45, 2.75) is 12.3 Å². The van der Waals surface area contributed by atoms with E-state index in [1.807, 2.05) is 4.98 Å². The Balaban J connectivity index is 3.47. The van der Waals surface area contributed by atoms with Gasteiger partial charge in [-0.1, -0.05) is 0 Å². The Morgan fingerprint density at radius 1 is 1.57 bits per heavy atom. The first-order valence-electron chi connectivity index (χ1n) is 3.65. The first-order chi connectivity index (χ1) is 6.60. The highest BCUT2D eigenvalue weighted by Crippen LogP contribution is 2.21. The number of H-pyrrole nitrogens is 1. The smallest absolute Gasteiger partial charge is 0.279 e. The van der Waals surface area contributed by atoms with Crippen molar-refractivity contribution < 1.29 is 13.6 Å². The number of carbonyl (C=O) groups excluding carboxylic acids is 1. The second-order valence-electron chi connectivity index (χ2n) is 2.54. The van der Waals surface area contributed by atoms with Crippen LogP contribution in [0.2, 0.25) is 0 Å². The summed E-state index contributed by atoms with van der Waals surface area (Å²) < 4.78 is 24.7. The van der Waals surface area contributed by atoms with Crippen LogP contribution in [0.4, 0.5) is 8.78 Å². The third-order valence-corrected chi connectivity index (χ3v) is 1.97. The number of aromatic amines is 1. The maximum atomic E-state index is 12.3. The van der Waals surface area contributed by atoms with Crippen molar-refractivity contribution in [3.8, 4) is 0 Å². The standard InChI is InChI=1S/C8H6ClF2NO2/c9-2-4-1-6(14)12-7(8(10)11)5(4)3-13/h1,3,8H,2H2,(H,12,14). The average molecular weight is 222 g/mol. The van der Waals surface area contributed by atoms with Crippen LogP contribution in [0.3, 0.4) is 0 Å². The summed E-state index contributed by atoms with van der Waals surface area (Å²) in [6, 6.07) is 1.03. The van der Waals surface area contributed by atoms with E-state index >= 15 is 0 Å². The Labute approximate surface area is 82.7 Å². The second kappa shape index (κ2) is 4.32. The summed E-state index contributed by atoms with van der Waals surface area (Å²) in [6.45, 7) is 0. The summed E-state index contributed by atoms with van der Waals surface area (Å²) in [4.78, 5) is 23.3. The van der Waals surface area contributed by atoms with Crippen molar-refractivity contribution in [1.82, 2.24) is 4.98 Å². The molecule has 1 aromatic heterocycles. The van der Waals surface area contributed by atoms with Crippen LogP contribution < -0.4 is 5.56 Å². The molecule has 1 rings (SSSR count). The fraction of sp³-hybridized carbons (Fsp3) is 0.250. The zero-order chi connectivity index (χ0) is 10.7. The fourth-order valence-electron chi connectivity index (χ4n) is 1.07. The van der Waals surface area contributed by atoms with E-state index in [1.54, 1.807) is 0 Å². The van der Waals surface area contributed by atoms with Crippen LogP contribution in [0.5, 0.6) is 0 Å². The summed E-state index contributed by atoms with van der Waals surface area (Å²) in [6.07, 6.45) is -2.64. The third-order valence-electron chi connectivity index (χ3n) is 1.68. The minimum Gasteiger partial charge on any atom is -0.320 e. The SMILES string of the molecule is O=Cc1c(CCl)cc(=O)[nH]c1C(F)F. The van der Waals surface area contributed by atoms with E-state index < -0.39 is 17.7 Å². The van der Waals surface area contributed by atoms with Gasteiger partial charge in [0, 0.05) is 17.5 Å². The highest BCUT2D eigenvalue weighted by atomic mass is 35.5. The molecule has 1 aromatic rings. The zero-order valence-corrected chi connectivity index (χ0v) is 7.65. The Hall–Kier alpha value is -1.23. The lowest BCUT2D eigenvalue weighted by Gasteiger charge is -2.06. The van der Waals surface area contributed by atoms with Gasteiger partial charge in [0.25, 0.3) is 6.43 Å². The van der Waals surface area contributed by atoms with Crippen molar-refractivity contribution in [2.75, 3.05) is 0 Å². The molecular weight excluding hydrogens is 216 g/mol. The van der Waals surface area contributed by atoms with E-state index in [-0.39, 0.29) is 23.3 Å². The van der Waals surface area contributed by atoms with E-state index in [0.29, 0.717) is 0 Å². The predicted molar refractivity (Wildman–Crippen MR) is 47.0 cm³/mol. The normalized spacial score (nSPS) is 10.6. The molecule has 0 atom stereocenters. The molecule has 0 bridgehead atoms. The van der Waals surface area contributed by atoms with Gasteiger partial charge >= 0.3 is 0 Å². The first kappa shape index (κ1) is 10.8. The van der Waals surface area contributed by atoms with Crippen molar-refractivity contribution in [3.63, 3.8) is 0 Å². The lowest BCUT2D eigenvalue weighted by Crippen LogP contribution is -2.13. The highest BCUT2D eigenvalue weighted by molar-refractivity contribution is 6.17. The van der Waals surface area contributed by atoms with Gasteiger partial charge in [0.2, 0.25) is 5.56 Å². The van der Waals surface area contributed by atoms with Gasteiger partial charge in [-0.05, 0) is 5.56 Å². The molecule has 0 aliphatic carbocycles. The molecule has 0 spiro atoms. The lowest BCUT2D eigenvalue weighted by molar-refractivity contribution is 0.110. The van der Waals surface area contributed by atoms with Gasteiger partial charge in [-0.25, -0.2) is 8.78 Å². The van der Waals surface area contributed by atoms with Crippen molar-refractivity contribution in [3.05, 3.63) is 33.2 Å². The minimum atomic E-state index is -2.90. The first-order valence-corrected chi connectivity index (χ1v) is 4.19. The molecule has 1 heterocycles. The van der Waals surface area contributed by atoms with E-state index in [1.165, 1.54) is 0 Å². The molecule has 0 aromatic carbocycles. The number of hydrogen-bond donors (Lipinski definition) is 1. The molecule has 0 radical (unpaired) electrons. The molecule has 76 valence electrons. The number of rotatable bonds is 3. The largest absolute Gasteiger partial charge is 0.320 e. The number of nitrogens with one attached hydrogen (secondary N) is 1. The van der Waals surface area contributed by atoms with Crippen LogP contribution in [0.25, 0.3) is 0 Å². The van der Waals surface area contributed by atoms with Gasteiger partial charge in [0.05, 0.1) is 5.69 Å². The van der Waals surface area contributed by atoms with E-state index in [4.69, 9.17) is 11.6 Å². The predicted octanol–water partition coefficient (Wildman–Crippen LogP) is 1.86. The number of alkyl halides is 3. The Morgan fingerprint density at radius 2 is 2.21 bits per heavy atom. The molecule has 0 amide bonds. The van der Waals surface area contributed by atoms with Gasteiger partial charge in [0.15, 0.2) is 6.29 Å². The van der Waals surface area contributed by atoms with E-state index in [2.05, 4.69) is 0 Å². The number of halogens is 3. The van der Waals surface area contributed by atoms with Crippen LogP contribution in [-0.4, -0.2) is 11.3 Å². The summed E-state index contributed by atoms with van der Waals surface area (Å²) in [5, 5.41) is 0. The lowest BCUT2D eigenvalue weighted by atomic mass is 10.1. The molecule has 1 N–H and O–H groups in total. The number of aromatic nitrogens is 1. The zero-order valence-electron chi connectivity index (χ0n) is 6.89. The Kier molecular flexibility index (Phi) is 3.35. The van der Waals surface area contributed by atoms with Crippen LogP contribution >= 0.6 is 11.6 Å². The van der Waals surface area contributed by atoms with Crippen molar-refractivity contribution >= 4 is 17.9 Å². The maximum Gasteiger partial charge on any atom is 0.279 e. The molecule has 0 fully saturated rings. The molecular formula is C8H6ClF2NO2. The maximum absolute atomic E-state index is 12.3. The highest BCUT2D eigenvalue weighted by Gasteiger charge is 2.17. The van der Waals surface area contributed by atoms with Crippen molar-refractivity contribution in [1.29, 1.82) is 0 Å². The van der Waals surface area contributed by atoms with Gasteiger partial charge in [-0.2, -0.15) is 0 Å². The van der Waals surface area contributed by atoms with Gasteiger partial charge in [0.1, 0.15) is 0 Å². The Morgan fingerprint density at radius 3 is 2.64 bits per heavy atom. The Bertz CT molecular complexity index is 403. The number of hydrogen-bond acceptors (Lipinski definition) is 2. The molecule has 6 heteroatoms. The number of carbonyl (C=O) groups is 1. The van der Waals surface area contributed by atoms with Crippen LogP contribution in [0.15, 0.2) is 10.9 Å². The monoisotopic (exact) mass is 221 g/mol. The topological polar surface area (TPSA) is 49.9 Å². The van der Waals surface area contributed by atoms with Crippen molar-refractivity contribution in [2.24, 2.45) is 0 Å². The molecule has 0 unspecified atom stereocenters. The second-order valence-corrected chi connectivity index (χ2v) is 2.81. The minimum absolute atomic E-state index is 0.112. The molecule has 0 saturated heterocycles.